The first-order chi connectivity index (χ1) is 25.8. The second kappa shape index (κ2) is 48.9. The quantitative estimate of drug-likeness (QED) is 0.0456. The lowest BCUT2D eigenvalue weighted by Crippen LogP contribution is -2.27. The predicted molar refractivity (Wildman–Crippen MR) is 238 cm³/mol. The van der Waals surface area contributed by atoms with E-state index in [4.69, 9.17) is 4.84 Å². The third-order valence-electron chi connectivity index (χ3n) is 11.8. The minimum Gasteiger partial charge on any atom is -0.299 e. The zero-order valence-corrected chi connectivity index (χ0v) is 37.1. The fourth-order valence-electron chi connectivity index (χ4n) is 8.05. The Balaban J connectivity index is 3.93. The maximum Gasteiger partial charge on any atom is 0.0685 e. The molecular weight excluding hydrogens is 631 g/mol. The second-order valence-electron chi connectivity index (χ2n) is 17.3. The Hall–Kier alpha value is -0.0800. The van der Waals surface area contributed by atoms with Crippen molar-refractivity contribution in [1.82, 2.24) is 5.06 Å². The fraction of sp³-hybridized carbons (Fsp3) is 1.00. The first-order valence-electron chi connectivity index (χ1n) is 25.2. The zero-order chi connectivity index (χ0) is 37.5. The molecule has 0 bridgehead atoms. The van der Waals surface area contributed by atoms with Gasteiger partial charge in [0.15, 0.2) is 0 Å². The minimum absolute atomic E-state index is 0.940. The van der Waals surface area contributed by atoms with Crippen molar-refractivity contribution in [3.05, 3.63) is 0 Å². The molecular formula is C50H103NO. The average molecular weight is 734 g/mol. The SMILES string of the molecule is CCCCCCCCCCCCCCCCCCN(CCCCCCCCCCCCCCCC)OCCCCCCCCCCCCCCCC. The molecule has 0 amide bonds. The first kappa shape index (κ1) is 51.9. The van der Waals surface area contributed by atoms with Gasteiger partial charge in [-0.3, -0.25) is 4.84 Å². The van der Waals surface area contributed by atoms with Crippen LogP contribution in [-0.2, 0) is 4.84 Å². The standard InChI is InChI=1S/C50H103NO/c1-4-7-10-13-16-19-22-25-28-29-31-34-37-40-43-46-49-51(48-45-42-39-36-33-30-26-23-20-17-14-11-8-5-2)52-50-47-44-41-38-35-32-27-24-21-18-15-12-9-6-3/h4-50H2,1-3H3. The lowest BCUT2D eigenvalue weighted by atomic mass is 10.0. The highest BCUT2D eigenvalue weighted by Crippen LogP contribution is 2.17. The molecule has 0 aromatic carbocycles. The predicted octanol–water partition coefficient (Wildman–Crippen LogP) is 18.4. The highest BCUT2D eigenvalue weighted by atomic mass is 16.7. The maximum absolute atomic E-state index is 6.42. The summed E-state index contributed by atoms with van der Waals surface area (Å²) in [4.78, 5) is 6.42. The van der Waals surface area contributed by atoms with E-state index in [0.717, 1.165) is 19.7 Å². The summed E-state index contributed by atoms with van der Waals surface area (Å²) in [5, 5.41) is 2.38. The van der Waals surface area contributed by atoms with Crippen molar-refractivity contribution in [2.45, 2.75) is 303 Å². The van der Waals surface area contributed by atoms with E-state index in [1.165, 1.54) is 283 Å². The van der Waals surface area contributed by atoms with Crippen LogP contribution < -0.4 is 0 Å². The summed E-state index contributed by atoms with van der Waals surface area (Å²) < 4.78 is 0. The Morgan fingerprint density at radius 3 is 0.596 bits per heavy atom. The van der Waals surface area contributed by atoms with Crippen LogP contribution in [0.15, 0.2) is 0 Å². The van der Waals surface area contributed by atoms with E-state index in [0.29, 0.717) is 0 Å². The van der Waals surface area contributed by atoms with Crippen molar-refractivity contribution in [1.29, 1.82) is 0 Å². The summed E-state index contributed by atoms with van der Waals surface area (Å²) >= 11 is 0. The molecule has 2 heteroatoms. The summed E-state index contributed by atoms with van der Waals surface area (Å²) in [5.74, 6) is 0. The number of nitrogens with zero attached hydrogens (tertiary/aromatic N) is 1. The summed E-state index contributed by atoms with van der Waals surface area (Å²) in [5.41, 5.74) is 0. The van der Waals surface area contributed by atoms with E-state index in [-0.39, 0.29) is 0 Å². The molecule has 0 radical (unpaired) electrons. The van der Waals surface area contributed by atoms with Gasteiger partial charge in [0, 0.05) is 13.1 Å². The fourth-order valence-corrected chi connectivity index (χ4v) is 8.05. The molecule has 0 heterocycles. The van der Waals surface area contributed by atoms with Gasteiger partial charge in [0.1, 0.15) is 0 Å². The lowest BCUT2D eigenvalue weighted by molar-refractivity contribution is -0.161. The van der Waals surface area contributed by atoms with E-state index in [2.05, 4.69) is 25.8 Å². The number of unbranched alkanes of at least 4 members (excludes halogenated alkanes) is 41. The Labute approximate surface area is 331 Å². The second-order valence-corrected chi connectivity index (χ2v) is 17.3. The van der Waals surface area contributed by atoms with Crippen molar-refractivity contribution < 1.29 is 4.84 Å². The minimum atomic E-state index is 0.940. The van der Waals surface area contributed by atoms with Crippen molar-refractivity contribution in [2.24, 2.45) is 0 Å². The van der Waals surface area contributed by atoms with E-state index in [1.807, 2.05) is 0 Å². The third kappa shape index (κ3) is 46.1. The number of hydrogen-bond donors (Lipinski definition) is 0. The molecule has 52 heavy (non-hydrogen) atoms. The van der Waals surface area contributed by atoms with Crippen LogP contribution in [0.2, 0.25) is 0 Å². The van der Waals surface area contributed by atoms with Gasteiger partial charge in [-0.15, -0.1) is 0 Å². The number of hydroxylamine groups is 2. The number of rotatable bonds is 48. The van der Waals surface area contributed by atoms with Crippen LogP contribution in [0.25, 0.3) is 0 Å². The van der Waals surface area contributed by atoms with E-state index in [1.54, 1.807) is 0 Å². The monoisotopic (exact) mass is 734 g/mol. The summed E-state index contributed by atoms with van der Waals surface area (Å²) in [6.45, 7) is 10.2. The summed E-state index contributed by atoms with van der Waals surface area (Å²) in [6, 6.07) is 0. The van der Waals surface area contributed by atoms with Crippen molar-refractivity contribution in [3.63, 3.8) is 0 Å². The lowest BCUT2D eigenvalue weighted by Gasteiger charge is -2.22. The average Bonchev–Trinajstić information content (AvgIpc) is 3.15. The third-order valence-corrected chi connectivity index (χ3v) is 11.8. The molecule has 0 aliphatic carbocycles. The molecule has 0 rings (SSSR count). The molecule has 0 fully saturated rings. The maximum atomic E-state index is 6.42. The van der Waals surface area contributed by atoms with Gasteiger partial charge in [0.25, 0.3) is 0 Å². The Bertz CT molecular complexity index is 593. The van der Waals surface area contributed by atoms with Gasteiger partial charge >= 0.3 is 0 Å². The molecule has 0 aliphatic rings. The highest BCUT2D eigenvalue weighted by Gasteiger charge is 2.06. The Kier molecular flexibility index (Phi) is 48.9. The normalized spacial score (nSPS) is 11.8. The van der Waals surface area contributed by atoms with Crippen LogP contribution in [-0.4, -0.2) is 24.8 Å². The molecule has 314 valence electrons. The first-order valence-corrected chi connectivity index (χ1v) is 25.2. The molecule has 0 atom stereocenters. The van der Waals surface area contributed by atoms with E-state index in [9.17, 15) is 0 Å². The molecule has 0 N–H and O–H groups in total. The smallest absolute Gasteiger partial charge is 0.0685 e. The summed E-state index contributed by atoms with van der Waals surface area (Å²) in [6.07, 6.45) is 63.0. The molecule has 0 aromatic rings. The van der Waals surface area contributed by atoms with Gasteiger partial charge in [-0.2, -0.15) is 5.06 Å². The van der Waals surface area contributed by atoms with E-state index < -0.39 is 0 Å². The molecule has 0 saturated heterocycles. The van der Waals surface area contributed by atoms with Crippen LogP contribution in [0.1, 0.15) is 303 Å². The summed E-state index contributed by atoms with van der Waals surface area (Å²) in [7, 11) is 0. The van der Waals surface area contributed by atoms with Crippen LogP contribution in [0.4, 0.5) is 0 Å². The van der Waals surface area contributed by atoms with Crippen molar-refractivity contribution >= 4 is 0 Å². The Morgan fingerprint density at radius 1 is 0.212 bits per heavy atom. The van der Waals surface area contributed by atoms with Crippen LogP contribution in [0, 0.1) is 0 Å². The molecule has 0 unspecified atom stereocenters. The highest BCUT2D eigenvalue weighted by molar-refractivity contribution is 4.55. The van der Waals surface area contributed by atoms with Crippen molar-refractivity contribution in [2.75, 3.05) is 19.7 Å². The molecule has 0 saturated carbocycles. The Morgan fingerprint density at radius 2 is 0.385 bits per heavy atom. The van der Waals surface area contributed by atoms with Gasteiger partial charge in [0.05, 0.1) is 6.61 Å². The van der Waals surface area contributed by atoms with Crippen LogP contribution in [0.3, 0.4) is 0 Å². The molecule has 0 aromatic heterocycles. The van der Waals surface area contributed by atoms with Gasteiger partial charge in [-0.1, -0.05) is 284 Å². The van der Waals surface area contributed by atoms with Gasteiger partial charge in [-0.25, -0.2) is 0 Å². The molecule has 0 spiro atoms. The van der Waals surface area contributed by atoms with Crippen LogP contribution in [0.5, 0.6) is 0 Å². The zero-order valence-electron chi connectivity index (χ0n) is 37.1. The van der Waals surface area contributed by atoms with Crippen molar-refractivity contribution in [3.8, 4) is 0 Å². The largest absolute Gasteiger partial charge is 0.299 e. The topological polar surface area (TPSA) is 12.5 Å². The van der Waals surface area contributed by atoms with Gasteiger partial charge < -0.3 is 0 Å². The molecule has 2 nitrogen and oxygen atoms in total. The molecule has 0 aliphatic heterocycles. The van der Waals surface area contributed by atoms with Crippen LogP contribution >= 0.6 is 0 Å². The van der Waals surface area contributed by atoms with Gasteiger partial charge in [0.2, 0.25) is 0 Å². The van der Waals surface area contributed by atoms with Gasteiger partial charge in [-0.05, 0) is 19.3 Å². The van der Waals surface area contributed by atoms with E-state index >= 15 is 0 Å². The number of hydrogen-bond acceptors (Lipinski definition) is 2.